The Morgan fingerprint density at radius 3 is 2.45 bits per heavy atom. The predicted molar refractivity (Wildman–Crippen MR) is 82.7 cm³/mol. The van der Waals surface area contributed by atoms with Crippen molar-refractivity contribution in [3.05, 3.63) is 60.8 Å². The molecule has 1 aromatic heterocycles. The Morgan fingerprint density at radius 2 is 1.75 bits per heavy atom. The van der Waals surface area contributed by atoms with E-state index in [1.54, 1.807) is 48.3 Å². The second kappa shape index (κ2) is 5.00. The van der Waals surface area contributed by atoms with Crippen LogP contribution in [0.4, 0.5) is 0 Å². The number of hydrogen-bond donors (Lipinski definition) is 0. The van der Waals surface area contributed by atoms with Crippen molar-refractivity contribution >= 4 is 32.7 Å². The van der Waals surface area contributed by atoms with Gasteiger partial charge in [0, 0.05) is 16.5 Å². The lowest BCUT2D eigenvalue weighted by molar-refractivity contribution is 0.589. The maximum absolute atomic E-state index is 12.6. The van der Waals surface area contributed by atoms with E-state index in [2.05, 4.69) is 0 Å². The van der Waals surface area contributed by atoms with Crippen molar-refractivity contribution in [3.8, 4) is 0 Å². The summed E-state index contributed by atoms with van der Waals surface area (Å²) in [4.78, 5) is 1.42. The molecule has 0 atom stereocenters. The first-order chi connectivity index (χ1) is 9.63. The monoisotopic (exact) mass is 303 g/mol. The summed E-state index contributed by atoms with van der Waals surface area (Å²) in [7, 11) is -3.53. The van der Waals surface area contributed by atoms with Crippen LogP contribution in [0.3, 0.4) is 0 Å². The first-order valence-electron chi connectivity index (χ1n) is 6.08. The van der Waals surface area contributed by atoms with Gasteiger partial charge in [0.05, 0.1) is 10.4 Å². The van der Waals surface area contributed by atoms with E-state index in [0.29, 0.717) is 10.4 Å². The molecule has 0 spiro atoms. The Kier molecular flexibility index (Phi) is 3.31. The van der Waals surface area contributed by atoms with Gasteiger partial charge < -0.3 is 0 Å². The molecular formula is C15H13NO2S2. The van der Waals surface area contributed by atoms with Crippen molar-refractivity contribution in [2.45, 2.75) is 9.79 Å². The summed E-state index contributed by atoms with van der Waals surface area (Å²) in [5.74, 6) is 0. The topological polar surface area (TPSA) is 39.1 Å². The molecule has 20 heavy (non-hydrogen) atoms. The van der Waals surface area contributed by atoms with Crippen molar-refractivity contribution in [2.24, 2.45) is 0 Å². The molecule has 0 unspecified atom stereocenters. The summed E-state index contributed by atoms with van der Waals surface area (Å²) in [6, 6.07) is 16.1. The summed E-state index contributed by atoms with van der Waals surface area (Å²) < 4.78 is 26.6. The maximum Gasteiger partial charge on any atom is 0.268 e. The smallest absolute Gasteiger partial charge is 0.241 e. The fourth-order valence-corrected chi connectivity index (χ4v) is 3.96. The van der Waals surface area contributed by atoms with Gasteiger partial charge in [-0.25, -0.2) is 12.4 Å². The molecule has 0 N–H and O–H groups in total. The molecule has 3 rings (SSSR count). The van der Waals surface area contributed by atoms with Crippen LogP contribution >= 0.6 is 11.8 Å². The molecule has 1 heterocycles. The van der Waals surface area contributed by atoms with E-state index in [1.165, 1.54) is 3.97 Å². The zero-order valence-electron chi connectivity index (χ0n) is 10.9. The molecule has 5 heteroatoms. The average molecular weight is 303 g/mol. The highest BCUT2D eigenvalue weighted by atomic mass is 32.2. The van der Waals surface area contributed by atoms with E-state index in [0.717, 1.165) is 10.3 Å². The predicted octanol–water partition coefficient (Wildman–Crippen LogP) is 3.60. The van der Waals surface area contributed by atoms with Crippen LogP contribution in [-0.4, -0.2) is 18.6 Å². The molecule has 0 aliphatic rings. The molecule has 0 aliphatic heterocycles. The zero-order valence-corrected chi connectivity index (χ0v) is 12.5. The van der Waals surface area contributed by atoms with Gasteiger partial charge in [0.15, 0.2) is 0 Å². The Labute approximate surface area is 122 Å². The molecule has 0 radical (unpaired) electrons. The highest BCUT2D eigenvalue weighted by molar-refractivity contribution is 7.98. The van der Waals surface area contributed by atoms with Gasteiger partial charge in [-0.1, -0.05) is 18.2 Å². The summed E-state index contributed by atoms with van der Waals surface area (Å²) in [6.07, 6.45) is 3.61. The first kappa shape index (κ1) is 13.3. The Balaban J connectivity index is 2.20. The highest BCUT2D eigenvalue weighted by Gasteiger charge is 2.18. The number of fused-ring (bicyclic) bond motifs is 1. The maximum atomic E-state index is 12.6. The molecule has 0 saturated carbocycles. The largest absolute Gasteiger partial charge is 0.268 e. The number of benzene rings is 2. The van der Waals surface area contributed by atoms with Crippen molar-refractivity contribution < 1.29 is 8.42 Å². The summed E-state index contributed by atoms with van der Waals surface area (Å²) in [5.41, 5.74) is 0.701. The molecule has 3 aromatic rings. The lowest BCUT2D eigenvalue weighted by atomic mass is 10.2. The van der Waals surface area contributed by atoms with Gasteiger partial charge in [0.2, 0.25) is 0 Å². The van der Waals surface area contributed by atoms with Gasteiger partial charge in [-0.15, -0.1) is 11.8 Å². The van der Waals surface area contributed by atoms with Gasteiger partial charge in [-0.2, -0.15) is 0 Å². The Bertz CT molecular complexity index is 852. The number of rotatable bonds is 3. The Hall–Kier alpha value is -1.72. The van der Waals surface area contributed by atoms with Crippen LogP contribution in [0.5, 0.6) is 0 Å². The van der Waals surface area contributed by atoms with E-state index in [4.69, 9.17) is 0 Å². The number of aromatic nitrogens is 1. The van der Waals surface area contributed by atoms with Gasteiger partial charge in [0.25, 0.3) is 10.0 Å². The lowest BCUT2D eigenvalue weighted by Crippen LogP contribution is -2.11. The van der Waals surface area contributed by atoms with Crippen LogP contribution < -0.4 is 0 Å². The van der Waals surface area contributed by atoms with Gasteiger partial charge >= 0.3 is 0 Å². The molecule has 0 aliphatic carbocycles. The highest BCUT2D eigenvalue weighted by Crippen LogP contribution is 2.25. The van der Waals surface area contributed by atoms with E-state index in [9.17, 15) is 8.42 Å². The zero-order chi connectivity index (χ0) is 14.2. The normalized spacial score (nSPS) is 11.8. The van der Waals surface area contributed by atoms with E-state index in [-0.39, 0.29) is 0 Å². The van der Waals surface area contributed by atoms with Crippen LogP contribution in [-0.2, 0) is 10.0 Å². The third-order valence-electron chi connectivity index (χ3n) is 3.16. The lowest BCUT2D eigenvalue weighted by Gasteiger charge is -2.07. The van der Waals surface area contributed by atoms with Crippen LogP contribution in [0.25, 0.3) is 10.9 Å². The minimum atomic E-state index is -3.53. The molecule has 0 saturated heterocycles. The van der Waals surface area contributed by atoms with Gasteiger partial charge in [-0.05, 0) is 42.7 Å². The van der Waals surface area contributed by atoms with Crippen molar-refractivity contribution in [3.63, 3.8) is 0 Å². The molecule has 2 aromatic carbocycles. The second-order valence-corrected chi connectivity index (χ2v) is 7.05. The fourth-order valence-electron chi connectivity index (χ4n) is 2.14. The Morgan fingerprint density at radius 1 is 1.00 bits per heavy atom. The quantitative estimate of drug-likeness (QED) is 0.694. The molecular weight excluding hydrogens is 290 g/mol. The minimum Gasteiger partial charge on any atom is -0.241 e. The molecule has 3 nitrogen and oxygen atoms in total. The summed E-state index contributed by atoms with van der Waals surface area (Å²) in [6.45, 7) is 0. The number of hydrogen-bond acceptors (Lipinski definition) is 3. The number of thioether (sulfide) groups is 1. The van der Waals surface area contributed by atoms with Crippen LogP contribution in [0.2, 0.25) is 0 Å². The third-order valence-corrected chi connectivity index (χ3v) is 5.59. The van der Waals surface area contributed by atoms with E-state index in [1.807, 2.05) is 30.5 Å². The first-order valence-corrected chi connectivity index (χ1v) is 8.75. The average Bonchev–Trinajstić information content (AvgIpc) is 2.91. The van der Waals surface area contributed by atoms with E-state index >= 15 is 0 Å². The standard InChI is InChI=1S/C15H13NO2S2/c1-19-13-7-8-15-12(11-13)9-10-16(15)20(17,18)14-5-3-2-4-6-14/h2-11H,1H3. The molecule has 102 valence electrons. The number of nitrogens with zero attached hydrogens (tertiary/aromatic N) is 1. The summed E-state index contributed by atoms with van der Waals surface area (Å²) in [5, 5.41) is 0.927. The minimum absolute atomic E-state index is 0.298. The summed E-state index contributed by atoms with van der Waals surface area (Å²) >= 11 is 1.64. The van der Waals surface area contributed by atoms with Crippen molar-refractivity contribution in [1.29, 1.82) is 0 Å². The molecule has 0 amide bonds. The van der Waals surface area contributed by atoms with Crippen LogP contribution in [0, 0.1) is 0 Å². The van der Waals surface area contributed by atoms with Crippen LogP contribution in [0.1, 0.15) is 0 Å². The second-order valence-electron chi connectivity index (χ2n) is 4.35. The van der Waals surface area contributed by atoms with Crippen LogP contribution in [0.15, 0.2) is 70.6 Å². The molecule has 0 bridgehead atoms. The van der Waals surface area contributed by atoms with E-state index < -0.39 is 10.0 Å². The van der Waals surface area contributed by atoms with Gasteiger partial charge in [-0.3, -0.25) is 0 Å². The van der Waals surface area contributed by atoms with Crippen molar-refractivity contribution in [2.75, 3.05) is 6.26 Å². The third kappa shape index (κ3) is 2.13. The fraction of sp³-hybridized carbons (Fsp3) is 0.0667. The SMILES string of the molecule is CSc1ccc2c(ccn2S(=O)(=O)c2ccccc2)c1. The van der Waals surface area contributed by atoms with Gasteiger partial charge in [0.1, 0.15) is 0 Å². The van der Waals surface area contributed by atoms with Crippen molar-refractivity contribution in [1.82, 2.24) is 3.97 Å². The molecule has 0 fully saturated rings.